The predicted octanol–water partition coefficient (Wildman–Crippen LogP) is 4.78. The van der Waals surface area contributed by atoms with Gasteiger partial charge in [0.15, 0.2) is 0 Å². The molecule has 5 nitrogen and oxygen atoms in total. The summed E-state index contributed by atoms with van der Waals surface area (Å²) in [5, 5.41) is 10.4. The predicted molar refractivity (Wildman–Crippen MR) is 119 cm³/mol. The fraction of sp³-hybridized carbons (Fsp3) is 0.600. The van der Waals surface area contributed by atoms with E-state index in [1.54, 1.807) is 7.11 Å². The van der Waals surface area contributed by atoms with E-state index in [0.29, 0.717) is 18.3 Å². The fourth-order valence-electron chi connectivity index (χ4n) is 5.09. The third-order valence-electron chi connectivity index (χ3n) is 6.98. The van der Waals surface area contributed by atoms with Crippen molar-refractivity contribution in [2.75, 3.05) is 26.7 Å². The molecule has 30 heavy (non-hydrogen) atoms. The number of methoxy groups -OCH3 is 1. The Bertz CT molecular complexity index is 865. The van der Waals surface area contributed by atoms with Crippen LogP contribution in [0, 0.1) is 17.8 Å². The molecule has 1 aliphatic heterocycles. The van der Waals surface area contributed by atoms with Gasteiger partial charge >= 0.3 is 5.97 Å². The first-order valence-electron chi connectivity index (χ1n) is 11.5. The van der Waals surface area contributed by atoms with E-state index in [4.69, 9.17) is 4.74 Å². The number of benzene rings is 1. The zero-order valence-corrected chi connectivity index (χ0v) is 18.1. The summed E-state index contributed by atoms with van der Waals surface area (Å²) in [6, 6.07) is 8.20. The molecule has 1 aromatic heterocycles. The first-order valence-corrected chi connectivity index (χ1v) is 11.5. The van der Waals surface area contributed by atoms with Gasteiger partial charge in [-0.15, -0.1) is 0 Å². The van der Waals surface area contributed by atoms with E-state index in [0.717, 1.165) is 43.0 Å². The van der Waals surface area contributed by atoms with Crippen molar-refractivity contribution in [1.82, 2.24) is 9.88 Å². The van der Waals surface area contributed by atoms with Gasteiger partial charge in [-0.05, 0) is 99.1 Å². The topological polar surface area (TPSA) is 62.7 Å². The number of hydrogen-bond donors (Lipinski definition) is 1. The molecule has 1 aliphatic carbocycles. The number of likely N-dealkylation sites (tertiary alicyclic amines) is 1. The van der Waals surface area contributed by atoms with Gasteiger partial charge in [-0.25, -0.2) is 0 Å². The highest BCUT2D eigenvalue weighted by Crippen LogP contribution is 2.35. The van der Waals surface area contributed by atoms with E-state index in [-0.39, 0.29) is 0 Å². The molecule has 2 heterocycles. The summed E-state index contributed by atoms with van der Waals surface area (Å²) in [6.07, 6.45) is 10.3. The SMILES string of the molecule is COc1ccc2nccc(CCCC3CCN(CC4CC4)CC3CCC(=O)O)c2c1. The van der Waals surface area contributed by atoms with Crippen LogP contribution in [0.5, 0.6) is 5.75 Å². The van der Waals surface area contributed by atoms with Crippen molar-refractivity contribution < 1.29 is 14.6 Å². The second-order valence-electron chi connectivity index (χ2n) is 9.19. The summed E-state index contributed by atoms with van der Waals surface area (Å²) in [5.74, 6) is 2.27. The van der Waals surface area contributed by atoms with Crippen molar-refractivity contribution in [3.63, 3.8) is 0 Å². The Kier molecular flexibility index (Phi) is 6.88. The van der Waals surface area contributed by atoms with Crippen LogP contribution >= 0.6 is 0 Å². The van der Waals surface area contributed by atoms with Crippen LogP contribution in [0.2, 0.25) is 0 Å². The maximum absolute atomic E-state index is 11.2. The number of aromatic nitrogens is 1. The molecule has 1 aromatic carbocycles. The van der Waals surface area contributed by atoms with Gasteiger partial charge < -0.3 is 14.7 Å². The number of carboxylic acid groups (broad SMARTS) is 1. The Morgan fingerprint density at radius 1 is 1.20 bits per heavy atom. The molecule has 2 unspecified atom stereocenters. The lowest BCUT2D eigenvalue weighted by Crippen LogP contribution is -2.41. The summed E-state index contributed by atoms with van der Waals surface area (Å²) < 4.78 is 5.40. The molecule has 0 radical (unpaired) electrons. The number of ether oxygens (including phenoxy) is 1. The lowest BCUT2D eigenvalue weighted by Gasteiger charge is -2.39. The highest BCUT2D eigenvalue weighted by molar-refractivity contribution is 5.83. The molecule has 0 bridgehead atoms. The second kappa shape index (κ2) is 9.78. The molecule has 1 saturated carbocycles. The molecule has 5 heteroatoms. The molecule has 1 saturated heterocycles. The van der Waals surface area contributed by atoms with Crippen molar-refractivity contribution in [1.29, 1.82) is 0 Å². The van der Waals surface area contributed by atoms with Gasteiger partial charge in [0.2, 0.25) is 0 Å². The molecular formula is C25H34N2O3. The molecule has 0 amide bonds. The molecule has 2 aliphatic rings. The second-order valence-corrected chi connectivity index (χ2v) is 9.19. The summed E-state index contributed by atoms with van der Waals surface area (Å²) in [4.78, 5) is 18.3. The Labute approximate surface area is 179 Å². The van der Waals surface area contributed by atoms with Gasteiger partial charge in [0.25, 0.3) is 0 Å². The zero-order chi connectivity index (χ0) is 20.9. The van der Waals surface area contributed by atoms with Crippen molar-refractivity contribution >= 4 is 16.9 Å². The van der Waals surface area contributed by atoms with E-state index in [1.165, 1.54) is 49.7 Å². The van der Waals surface area contributed by atoms with Crippen molar-refractivity contribution in [2.24, 2.45) is 17.8 Å². The number of piperidine rings is 1. The Morgan fingerprint density at radius 3 is 2.83 bits per heavy atom. The Hall–Kier alpha value is -2.14. The maximum Gasteiger partial charge on any atom is 0.303 e. The van der Waals surface area contributed by atoms with Crippen LogP contribution in [0.25, 0.3) is 10.9 Å². The first kappa shape index (κ1) is 21.1. The summed E-state index contributed by atoms with van der Waals surface area (Å²) in [6.45, 7) is 3.49. The van der Waals surface area contributed by atoms with Gasteiger partial charge in [-0.1, -0.05) is 0 Å². The molecule has 2 atom stereocenters. The van der Waals surface area contributed by atoms with Crippen molar-refractivity contribution in [3.8, 4) is 5.75 Å². The molecule has 0 spiro atoms. The molecule has 2 fully saturated rings. The van der Waals surface area contributed by atoms with Crippen LogP contribution < -0.4 is 4.74 Å². The van der Waals surface area contributed by atoms with Crippen molar-refractivity contribution in [3.05, 3.63) is 36.0 Å². The van der Waals surface area contributed by atoms with Gasteiger partial charge in [0.1, 0.15) is 5.75 Å². The molecule has 2 aromatic rings. The van der Waals surface area contributed by atoms with E-state index < -0.39 is 5.97 Å². The van der Waals surface area contributed by atoms with Crippen LogP contribution in [0.1, 0.15) is 50.5 Å². The third kappa shape index (κ3) is 5.51. The normalized spacial score (nSPS) is 22.3. The smallest absolute Gasteiger partial charge is 0.303 e. The fourth-order valence-corrected chi connectivity index (χ4v) is 5.09. The van der Waals surface area contributed by atoms with Gasteiger partial charge in [0.05, 0.1) is 12.6 Å². The molecule has 4 rings (SSSR count). The summed E-state index contributed by atoms with van der Waals surface area (Å²) in [7, 11) is 1.70. The van der Waals surface area contributed by atoms with Crippen LogP contribution in [-0.4, -0.2) is 47.7 Å². The van der Waals surface area contributed by atoms with E-state index in [2.05, 4.69) is 22.0 Å². The lowest BCUT2D eigenvalue weighted by molar-refractivity contribution is -0.137. The number of carboxylic acids is 1. The summed E-state index contributed by atoms with van der Waals surface area (Å²) in [5.41, 5.74) is 2.34. The average molecular weight is 411 g/mol. The number of aryl methyl sites for hydroxylation is 1. The van der Waals surface area contributed by atoms with Gasteiger partial charge in [-0.2, -0.15) is 0 Å². The van der Waals surface area contributed by atoms with Gasteiger partial charge in [-0.3, -0.25) is 9.78 Å². The van der Waals surface area contributed by atoms with E-state index >= 15 is 0 Å². The standard InChI is InChI=1S/C25H34N2O3/c1-30-22-8-9-24-23(15-22)20(11-13-26-24)4-2-3-19-12-14-27(16-18-5-6-18)17-21(19)7-10-25(28)29/h8-9,11,13,15,18-19,21H,2-7,10,12,14,16-17H2,1H3,(H,28,29). The maximum atomic E-state index is 11.2. The quantitative estimate of drug-likeness (QED) is 0.611. The molecule has 162 valence electrons. The van der Waals surface area contributed by atoms with Crippen molar-refractivity contribution in [2.45, 2.75) is 51.4 Å². The number of nitrogens with zero attached hydrogens (tertiary/aromatic N) is 2. The number of rotatable bonds is 10. The van der Waals surface area contributed by atoms with Gasteiger partial charge in [0, 0.05) is 31.1 Å². The molecule has 1 N–H and O–H groups in total. The highest BCUT2D eigenvalue weighted by Gasteiger charge is 2.32. The minimum Gasteiger partial charge on any atom is -0.497 e. The largest absolute Gasteiger partial charge is 0.497 e. The van der Waals surface area contributed by atoms with E-state index in [9.17, 15) is 9.90 Å². The van der Waals surface area contributed by atoms with E-state index in [1.807, 2.05) is 18.3 Å². The number of hydrogen-bond acceptors (Lipinski definition) is 4. The lowest BCUT2D eigenvalue weighted by atomic mass is 9.79. The number of fused-ring (bicyclic) bond motifs is 1. The van der Waals surface area contributed by atoms with Crippen LogP contribution in [0.3, 0.4) is 0 Å². The zero-order valence-electron chi connectivity index (χ0n) is 18.1. The van der Waals surface area contributed by atoms with Crippen LogP contribution in [0.4, 0.5) is 0 Å². The van der Waals surface area contributed by atoms with Crippen LogP contribution in [0.15, 0.2) is 30.5 Å². The Morgan fingerprint density at radius 2 is 2.07 bits per heavy atom. The minimum absolute atomic E-state index is 0.299. The average Bonchev–Trinajstić information content (AvgIpc) is 3.57. The third-order valence-corrected chi connectivity index (χ3v) is 6.98. The first-order chi connectivity index (χ1) is 14.6. The molecular weight excluding hydrogens is 376 g/mol. The summed E-state index contributed by atoms with van der Waals surface area (Å²) >= 11 is 0. The number of pyridine rings is 1. The minimum atomic E-state index is -0.662. The monoisotopic (exact) mass is 410 g/mol. The number of carbonyl (C=O) groups is 1. The Balaban J connectivity index is 1.36. The number of aliphatic carboxylic acids is 1. The highest BCUT2D eigenvalue weighted by atomic mass is 16.5. The van der Waals surface area contributed by atoms with Crippen LogP contribution in [-0.2, 0) is 11.2 Å².